The second-order valence-electron chi connectivity index (χ2n) is 3.91. The van der Waals surface area contributed by atoms with Crippen LogP contribution in [-0.2, 0) is 6.54 Å². The summed E-state index contributed by atoms with van der Waals surface area (Å²) in [5.41, 5.74) is 1.10. The lowest BCUT2D eigenvalue weighted by molar-refractivity contribution is 0.112. The topological polar surface area (TPSA) is 20.3 Å². The van der Waals surface area contributed by atoms with Gasteiger partial charge in [-0.1, -0.05) is 0 Å². The first kappa shape index (κ1) is 13.2. The van der Waals surface area contributed by atoms with Crippen LogP contribution in [0.15, 0.2) is 34.1 Å². The van der Waals surface area contributed by atoms with E-state index in [-0.39, 0.29) is 0 Å². The Balaban J connectivity index is 2.23. The van der Waals surface area contributed by atoms with Crippen LogP contribution in [0.2, 0.25) is 0 Å². The van der Waals surface area contributed by atoms with E-state index in [2.05, 4.69) is 15.9 Å². The number of nitrogens with zero attached hydrogens (tertiary/aromatic N) is 1. The molecule has 2 nitrogen and oxygen atoms in total. The summed E-state index contributed by atoms with van der Waals surface area (Å²) in [4.78, 5) is 14.0. The summed E-state index contributed by atoms with van der Waals surface area (Å²) in [5.74, 6) is -0.395. The molecular weight excluding hydrogens is 317 g/mol. The minimum atomic E-state index is -0.395. The molecule has 0 bridgehead atoms. The molecule has 0 saturated heterocycles. The fourth-order valence-corrected chi connectivity index (χ4v) is 3.23. The summed E-state index contributed by atoms with van der Waals surface area (Å²) in [6.45, 7) is 0.683. The van der Waals surface area contributed by atoms with Gasteiger partial charge in [0.15, 0.2) is 6.29 Å². The maximum absolute atomic E-state index is 13.0. The van der Waals surface area contributed by atoms with Crippen molar-refractivity contribution in [3.63, 3.8) is 0 Å². The normalized spacial score (nSPS) is 10.4. The van der Waals surface area contributed by atoms with Crippen LogP contribution in [0, 0.1) is 5.82 Å². The van der Waals surface area contributed by atoms with Crippen LogP contribution in [0.3, 0.4) is 0 Å². The molecule has 0 fully saturated rings. The third kappa shape index (κ3) is 2.97. The maximum Gasteiger partial charge on any atom is 0.152 e. The van der Waals surface area contributed by atoms with Gasteiger partial charge in [-0.3, -0.25) is 4.79 Å². The van der Waals surface area contributed by atoms with E-state index < -0.39 is 5.82 Å². The molecule has 0 unspecified atom stereocenters. The third-order valence-corrected chi connectivity index (χ3v) is 4.22. The van der Waals surface area contributed by atoms with Crippen LogP contribution in [0.5, 0.6) is 0 Å². The van der Waals surface area contributed by atoms with Crippen LogP contribution < -0.4 is 4.90 Å². The number of carbonyl (C=O) groups excluding carboxylic acids is 1. The van der Waals surface area contributed by atoms with Gasteiger partial charge < -0.3 is 4.90 Å². The van der Waals surface area contributed by atoms with Crippen molar-refractivity contribution in [1.29, 1.82) is 0 Å². The van der Waals surface area contributed by atoms with E-state index in [0.29, 0.717) is 18.4 Å². The average Bonchev–Trinajstić information content (AvgIpc) is 2.74. The van der Waals surface area contributed by atoms with Crippen LogP contribution in [0.4, 0.5) is 10.1 Å². The molecule has 0 atom stereocenters. The van der Waals surface area contributed by atoms with Crippen molar-refractivity contribution in [2.45, 2.75) is 6.54 Å². The van der Waals surface area contributed by atoms with Gasteiger partial charge in [0.1, 0.15) is 5.82 Å². The summed E-state index contributed by atoms with van der Waals surface area (Å²) >= 11 is 5.04. The number of aldehydes is 1. The fraction of sp³-hybridized carbons (Fsp3) is 0.154. The van der Waals surface area contributed by atoms with Crippen molar-refractivity contribution in [3.05, 3.63) is 50.4 Å². The lowest BCUT2D eigenvalue weighted by atomic mass is 10.1. The van der Waals surface area contributed by atoms with E-state index in [4.69, 9.17) is 0 Å². The molecule has 0 aliphatic heterocycles. The van der Waals surface area contributed by atoms with Gasteiger partial charge in [-0.25, -0.2) is 4.39 Å². The molecule has 0 aliphatic rings. The second-order valence-corrected chi connectivity index (χ2v) is 5.82. The monoisotopic (exact) mass is 327 g/mol. The molecule has 1 aromatic heterocycles. The van der Waals surface area contributed by atoms with Crippen LogP contribution in [0.1, 0.15) is 15.2 Å². The molecule has 2 aromatic rings. The molecule has 0 saturated carbocycles. The van der Waals surface area contributed by atoms with Gasteiger partial charge in [-0.15, -0.1) is 11.3 Å². The molecule has 0 N–H and O–H groups in total. The zero-order valence-electron chi connectivity index (χ0n) is 9.69. The Bertz CT molecular complexity index is 570. The van der Waals surface area contributed by atoms with E-state index >= 15 is 0 Å². The summed E-state index contributed by atoms with van der Waals surface area (Å²) in [7, 11) is 1.88. The van der Waals surface area contributed by atoms with E-state index in [0.717, 1.165) is 10.2 Å². The molecule has 0 spiro atoms. The van der Waals surface area contributed by atoms with Gasteiger partial charge in [-0.2, -0.15) is 0 Å². The molecule has 0 aliphatic carbocycles. The molecule has 18 heavy (non-hydrogen) atoms. The number of thiophene rings is 1. The van der Waals surface area contributed by atoms with Crippen LogP contribution in [-0.4, -0.2) is 13.3 Å². The number of rotatable bonds is 4. The minimum absolute atomic E-state index is 0.369. The number of halogens is 2. The van der Waals surface area contributed by atoms with Crippen LogP contribution in [0.25, 0.3) is 0 Å². The highest BCUT2D eigenvalue weighted by Gasteiger charge is 2.09. The molecule has 0 amide bonds. The second kappa shape index (κ2) is 5.63. The molecule has 1 aromatic carbocycles. The highest BCUT2D eigenvalue weighted by molar-refractivity contribution is 9.10. The predicted octanol–water partition coefficient (Wildman–Crippen LogP) is 4.10. The fourth-order valence-electron chi connectivity index (χ4n) is 1.72. The Morgan fingerprint density at radius 1 is 1.44 bits per heavy atom. The number of hydrogen-bond acceptors (Lipinski definition) is 3. The number of hydrogen-bond donors (Lipinski definition) is 0. The molecule has 1 heterocycles. The predicted molar refractivity (Wildman–Crippen MR) is 75.9 cm³/mol. The molecular formula is C13H11BrFNOS. The van der Waals surface area contributed by atoms with E-state index in [1.165, 1.54) is 17.0 Å². The Morgan fingerprint density at radius 3 is 2.83 bits per heavy atom. The van der Waals surface area contributed by atoms with Gasteiger partial charge in [0.25, 0.3) is 0 Å². The van der Waals surface area contributed by atoms with Crippen molar-refractivity contribution < 1.29 is 9.18 Å². The van der Waals surface area contributed by atoms with Crippen molar-refractivity contribution in [2.24, 2.45) is 0 Å². The quantitative estimate of drug-likeness (QED) is 0.788. The highest BCUT2D eigenvalue weighted by Crippen LogP contribution is 2.25. The summed E-state index contributed by atoms with van der Waals surface area (Å²) < 4.78 is 14.1. The molecule has 94 valence electrons. The Labute approximate surface area is 117 Å². The summed E-state index contributed by atoms with van der Waals surface area (Å²) in [6, 6.07) is 6.28. The first-order valence-corrected chi connectivity index (χ1v) is 6.96. The standard InChI is InChI=1S/C13H11BrFNOS/c1-16(6-12-5-10(14)8-18-12)13-3-2-11(15)4-9(13)7-17/h2-5,7-8H,6H2,1H3. The van der Waals surface area contributed by atoms with Gasteiger partial charge in [0, 0.05) is 33.0 Å². The van der Waals surface area contributed by atoms with E-state index in [1.54, 1.807) is 17.4 Å². The number of carbonyl (C=O) groups is 1. The van der Waals surface area contributed by atoms with Crippen molar-refractivity contribution in [1.82, 2.24) is 0 Å². The summed E-state index contributed by atoms with van der Waals surface area (Å²) in [5, 5.41) is 2.01. The smallest absolute Gasteiger partial charge is 0.152 e. The van der Waals surface area contributed by atoms with Crippen molar-refractivity contribution >= 4 is 39.2 Å². The van der Waals surface area contributed by atoms with Crippen molar-refractivity contribution in [2.75, 3.05) is 11.9 Å². The van der Waals surface area contributed by atoms with Gasteiger partial charge in [-0.05, 0) is 40.2 Å². The van der Waals surface area contributed by atoms with Gasteiger partial charge >= 0.3 is 0 Å². The third-order valence-electron chi connectivity index (χ3n) is 2.54. The highest BCUT2D eigenvalue weighted by atomic mass is 79.9. The van der Waals surface area contributed by atoms with Gasteiger partial charge in [0.2, 0.25) is 0 Å². The Hall–Kier alpha value is -1.20. The molecule has 5 heteroatoms. The zero-order valence-corrected chi connectivity index (χ0v) is 12.1. The Kier molecular flexibility index (Phi) is 4.14. The lowest BCUT2D eigenvalue weighted by Crippen LogP contribution is -2.17. The maximum atomic E-state index is 13.0. The first-order valence-electron chi connectivity index (χ1n) is 5.29. The minimum Gasteiger partial charge on any atom is -0.369 e. The number of benzene rings is 1. The molecule has 2 rings (SSSR count). The molecule has 0 radical (unpaired) electrons. The lowest BCUT2D eigenvalue weighted by Gasteiger charge is -2.20. The largest absolute Gasteiger partial charge is 0.369 e. The van der Waals surface area contributed by atoms with E-state index in [1.807, 2.05) is 23.4 Å². The van der Waals surface area contributed by atoms with Crippen molar-refractivity contribution in [3.8, 4) is 0 Å². The first-order chi connectivity index (χ1) is 8.60. The zero-order chi connectivity index (χ0) is 13.1. The summed E-state index contributed by atoms with van der Waals surface area (Å²) in [6.07, 6.45) is 0.680. The van der Waals surface area contributed by atoms with E-state index in [9.17, 15) is 9.18 Å². The van der Waals surface area contributed by atoms with Gasteiger partial charge in [0.05, 0.1) is 6.54 Å². The van der Waals surface area contributed by atoms with Crippen LogP contribution >= 0.6 is 27.3 Å². The Morgan fingerprint density at radius 2 is 2.22 bits per heavy atom. The number of anilines is 1. The average molecular weight is 328 g/mol. The SMILES string of the molecule is CN(Cc1cc(Br)cs1)c1ccc(F)cc1C=O.